The smallest absolute Gasteiger partial charge is 0.169 e. The Morgan fingerprint density at radius 3 is 2.29 bits per heavy atom. The van der Waals surface area contributed by atoms with E-state index in [-0.39, 0.29) is 6.29 Å². The maximum atomic E-state index is 5.38. The van der Waals surface area contributed by atoms with E-state index in [9.17, 15) is 0 Å². The van der Waals surface area contributed by atoms with Gasteiger partial charge in [-0.1, -0.05) is 12.1 Å². The molecule has 0 radical (unpaired) electrons. The number of hydrogen-bond donors (Lipinski definition) is 1. The third kappa shape index (κ3) is 5.17. The van der Waals surface area contributed by atoms with Crippen LogP contribution in [-0.2, 0) is 16.0 Å². The summed E-state index contributed by atoms with van der Waals surface area (Å²) >= 11 is 0. The molecule has 0 aliphatic carbocycles. The zero-order chi connectivity index (χ0) is 12.5. The normalized spacial score (nSPS) is 10.8. The molecule has 0 saturated heterocycles. The van der Waals surface area contributed by atoms with Gasteiger partial charge in [-0.3, -0.25) is 0 Å². The lowest BCUT2D eigenvalue weighted by Gasteiger charge is -2.14. The van der Waals surface area contributed by atoms with Crippen LogP contribution in [0.1, 0.15) is 12.5 Å². The fourth-order valence-electron chi connectivity index (χ4n) is 1.47. The number of methoxy groups -OCH3 is 2. The molecule has 1 rings (SSSR count). The number of rotatable bonds is 8. The van der Waals surface area contributed by atoms with Crippen LogP contribution in [0.4, 0.5) is 0 Å². The summed E-state index contributed by atoms with van der Waals surface area (Å²) in [6, 6.07) is 8.05. The zero-order valence-corrected chi connectivity index (χ0v) is 10.7. The lowest BCUT2D eigenvalue weighted by Crippen LogP contribution is -2.29. The molecule has 17 heavy (non-hydrogen) atoms. The van der Waals surface area contributed by atoms with Gasteiger partial charge in [0.15, 0.2) is 6.29 Å². The van der Waals surface area contributed by atoms with E-state index in [4.69, 9.17) is 14.2 Å². The van der Waals surface area contributed by atoms with Crippen LogP contribution in [0, 0.1) is 0 Å². The highest BCUT2D eigenvalue weighted by Crippen LogP contribution is 2.11. The Morgan fingerprint density at radius 2 is 1.76 bits per heavy atom. The summed E-state index contributed by atoms with van der Waals surface area (Å²) in [6.45, 7) is 4.13. The van der Waals surface area contributed by atoms with Crippen LogP contribution < -0.4 is 10.1 Å². The van der Waals surface area contributed by atoms with Gasteiger partial charge in [0.1, 0.15) is 5.75 Å². The largest absolute Gasteiger partial charge is 0.494 e. The Morgan fingerprint density at radius 1 is 1.12 bits per heavy atom. The van der Waals surface area contributed by atoms with Crippen molar-refractivity contribution < 1.29 is 14.2 Å². The van der Waals surface area contributed by atoms with Crippen molar-refractivity contribution in [2.24, 2.45) is 0 Å². The van der Waals surface area contributed by atoms with Crippen molar-refractivity contribution in [2.75, 3.05) is 27.4 Å². The molecule has 1 aromatic carbocycles. The second-order valence-electron chi connectivity index (χ2n) is 3.61. The summed E-state index contributed by atoms with van der Waals surface area (Å²) in [6.07, 6.45) is -0.197. The molecule has 0 aliphatic heterocycles. The van der Waals surface area contributed by atoms with E-state index < -0.39 is 0 Å². The predicted octanol–water partition coefficient (Wildman–Crippen LogP) is 1.79. The van der Waals surface area contributed by atoms with Gasteiger partial charge in [-0.2, -0.15) is 0 Å². The van der Waals surface area contributed by atoms with Gasteiger partial charge in [-0.05, 0) is 24.6 Å². The average Bonchev–Trinajstić information content (AvgIpc) is 2.37. The summed E-state index contributed by atoms with van der Waals surface area (Å²) in [4.78, 5) is 0. The van der Waals surface area contributed by atoms with Gasteiger partial charge in [0.2, 0.25) is 0 Å². The Bertz CT molecular complexity index is 296. The highest BCUT2D eigenvalue weighted by Gasteiger charge is 2.03. The summed E-state index contributed by atoms with van der Waals surface area (Å²) in [5.41, 5.74) is 1.21. The van der Waals surface area contributed by atoms with E-state index in [1.807, 2.05) is 31.2 Å². The fourth-order valence-corrected chi connectivity index (χ4v) is 1.47. The van der Waals surface area contributed by atoms with Gasteiger partial charge in [-0.15, -0.1) is 0 Å². The topological polar surface area (TPSA) is 39.7 Å². The minimum Gasteiger partial charge on any atom is -0.494 e. The van der Waals surface area contributed by atoms with Gasteiger partial charge in [0, 0.05) is 27.3 Å². The number of benzene rings is 1. The molecule has 0 saturated carbocycles. The van der Waals surface area contributed by atoms with Crippen LogP contribution in [0.3, 0.4) is 0 Å². The van der Waals surface area contributed by atoms with Crippen LogP contribution in [0.2, 0.25) is 0 Å². The molecular formula is C13H21NO3. The van der Waals surface area contributed by atoms with E-state index in [1.165, 1.54) is 5.56 Å². The lowest BCUT2D eigenvalue weighted by molar-refractivity contribution is -0.0989. The van der Waals surface area contributed by atoms with E-state index >= 15 is 0 Å². The maximum Gasteiger partial charge on any atom is 0.169 e. The predicted molar refractivity (Wildman–Crippen MR) is 67.1 cm³/mol. The van der Waals surface area contributed by atoms with Crippen molar-refractivity contribution >= 4 is 0 Å². The van der Waals surface area contributed by atoms with E-state index in [0.29, 0.717) is 13.2 Å². The fraction of sp³-hybridized carbons (Fsp3) is 0.538. The molecule has 0 heterocycles. The summed E-state index contributed by atoms with van der Waals surface area (Å²) in [7, 11) is 3.26. The first-order valence-corrected chi connectivity index (χ1v) is 5.78. The first-order chi connectivity index (χ1) is 8.30. The molecule has 96 valence electrons. The van der Waals surface area contributed by atoms with Crippen molar-refractivity contribution in [2.45, 2.75) is 19.8 Å². The molecule has 0 aromatic heterocycles. The Hall–Kier alpha value is -1.10. The van der Waals surface area contributed by atoms with Crippen LogP contribution in [0.5, 0.6) is 5.75 Å². The Labute approximate surface area is 103 Å². The third-order valence-electron chi connectivity index (χ3n) is 2.40. The maximum absolute atomic E-state index is 5.38. The van der Waals surface area contributed by atoms with E-state index in [2.05, 4.69) is 5.32 Å². The Balaban J connectivity index is 2.31. The van der Waals surface area contributed by atoms with Gasteiger partial charge >= 0.3 is 0 Å². The van der Waals surface area contributed by atoms with Crippen molar-refractivity contribution in [3.05, 3.63) is 29.8 Å². The third-order valence-corrected chi connectivity index (χ3v) is 2.40. The highest BCUT2D eigenvalue weighted by atomic mass is 16.7. The van der Waals surface area contributed by atoms with Crippen LogP contribution in [0.15, 0.2) is 24.3 Å². The molecule has 0 aliphatic rings. The molecule has 4 heteroatoms. The standard InChI is InChI=1S/C13H21NO3/c1-4-17-12-7-5-11(6-8-12)9-14-10-13(15-2)16-3/h5-8,13-14H,4,9-10H2,1-3H3. The number of ether oxygens (including phenoxy) is 3. The monoisotopic (exact) mass is 239 g/mol. The van der Waals surface area contributed by atoms with Crippen molar-refractivity contribution in [3.63, 3.8) is 0 Å². The van der Waals surface area contributed by atoms with E-state index in [1.54, 1.807) is 14.2 Å². The quantitative estimate of drug-likeness (QED) is 0.702. The average molecular weight is 239 g/mol. The van der Waals surface area contributed by atoms with Gasteiger partial charge in [-0.25, -0.2) is 0 Å². The molecule has 1 N–H and O–H groups in total. The van der Waals surface area contributed by atoms with Crippen LogP contribution in [0.25, 0.3) is 0 Å². The molecule has 4 nitrogen and oxygen atoms in total. The molecule has 0 bridgehead atoms. The number of hydrogen-bond acceptors (Lipinski definition) is 4. The zero-order valence-electron chi connectivity index (χ0n) is 10.7. The van der Waals surface area contributed by atoms with Crippen molar-refractivity contribution in [1.29, 1.82) is 0 Å². The van der Waals surface area contributed by atoms with Crippen LogP contribution in [-0.4, -0.2) is 33.7 Å². The Kier molecular flexibility index (Phi) is 6.62. The minimum absolute atomic E-state index is 0.197. The van der Waals surface area contributed by atoms with Crippen molar-refractivity contribution in [3.8, 4) is 5.75 Å². The van der Waals surface area contributed by atoms with E-state index in [0.717, 1.165) is 12.3 Å². The summed E-state index contributed by atoms with van der Waals surface area (Å²) < 4.78 is 15.5. The SMILES string of the molecule is CCOc1ccc(CNCC(OC)OC)cc1. The molecule has 0 fully saturated rings. The minimum atomic E-state index is -0.197. The first kappa shape index (κ1) is 14.0. The molecule has 0 spiro atoms. The second kappa shape index (κ2) is 8.06. The van der Waals surface area contributed by atoms with Gasteiger partial charge in [0.25, 0.3) is 0 Å². The van der Waals surface area contributed by atoms with Crippen molar-refractivity contribution in [1.82, 2.24) is 5.32 Å². The summed E-state index contributed by atoms with van der Waals surface area (Å²) in [5.74, 6) is 0.905. The highest BCUT2D eigenvalue weighted by molar-refractivity contribution is 5.27. The van der Waals surface area contributed by atoms with Crippen LogP contribution >= 0.6 is 0 Å². The van der Waals surface area contributed by atoms with Gasteiger partial charge in [0.05, 0.1) is 6.61 Å². The second-order valence-corrected chi connectivity index (χ2v) is 3.61. The molecule has 1 aromatic rings. The molecule has 0 unspecified atom stereocenters. The molecule has 0 atom stereocenters. The summed E-state index contributed by atoms with van der Waals surface area (Å²) in [5, 5.41) is 3.26. The lowest BCUT2D eigenvalue weighted by atomic mass is 10.2. The first-order valence-electron chi connectivity index (χ1n) is 5.78. The molecular weight excluding hydrogens is 218 g/mol. The molecule has 0 amide bonds. The van der Waals surface area contributed by atoms with Gasteiger partial charge < -0.3 is 19.5 Å². The number of nitrogens with one attached hydrogen (secondary N) is 1.